The molecular weight excluding hydrogens is 650 g/mol. The van der Waals surface area contributed by atoms with E-state index >= 15 is 0 Å². The van der Waals surface area contributed by atoms with Gasteiger partial charge in [-0.15, -0.1) is 0 Å². The number of Topliss-reactive ketones (excluding diaryl/α,β-unsaturated/α-hetero) is 1. The summed E-state index contributed by atoms with van der Waals surface area (Å²) < 4.78 is 82.1. The number of hydrogen-bond acceptors (Lipinski definition) is 6. The van der Waals surface area contributed by atoms with Crippen molar-refractivity contribution in [3.63, 3.8) is 0 Å². The van der Waals surface area contributed by atoms with Crippen LogP contribution in [0.15, 0.2) is 54.6 Å². The molecule has 0 aromatic heterocycles. The minimum atomic E-state index is -6.23. The lowest BCUT2D eigenvalue weighted by molar-refractivity contribution is -0.376. The third-order valence-electron chi connectivity index (χ3n) is 8.61. The fourth-order valence-electron chi connectivity index (χ4n) is 5.14. The van der Waals surface area contributed by atoms with Crippen molar-refractivity contribution in [2.75, 3.05) is 17.7 Å². The summed E-state index contributed by atoms with van der Waals surface area (Å²) in [6.07, 6.45) is -12.1. The highest BCUT2D eigenvalue weighted by molar-refractivity contribution is 6.12. The molecule has 0 radical (unpaired) electrons. The number of amides is 1. The molecule has 9 nitrogen and oxygen atoms in total. The fraction of sp³-hybridized carbons (Fsp3) is 0.333. The number of carbonyl (C=O) groups is 4. The van der Waals surface area contributed by atoms with E-state index in [0.717, 1.165) is 31.3 Å². The number of aromatic carboxylic acids is 2. The SMILES string of the molecule is CCC(C)(C(=O)c1cc(-c2ccc(C(=O)O)c(C(=O)Nc3ccc(NC)c(C(O)(C(F)(F)F)C(F)(F)F)c3)c2)ccc1C(=O)O)C(C)C. The Hall–Kier alpha value is -4.92. The molecule has 1 amide bonds. The van der Waals surface area contributed by atoms with Crippen molar-refractivity contribution in [1.29, 1.82) is 0 Å². The second-order valence-corrected chi connectivity index (χ2v) is 11.6. The summed E-state index contributed by atoms with van der Waals surface area (Å²) in [4.78, 5) is 51.1. The number of halogens is 6. The molecule has 3 rings (SSSR count). The number of nitrogens with one attached hydrogen (secondary N) is 2. The topological polar surface area (TPSA) is 153 Å². The maximum absolute atomic E-state index is 13.7. The zero-order valence-electron chi connectivity index (χ0n) is 26.2. The average Bonchev–Trinajstić information content (AvgIpc) is 3.01. The van der Waals surface area contributed by atoms with E-state index in [0.29, 0.717) is 6.42 Å². The number of ketones is 1. The van der Waals surface area contributed by atoms with Crippen molar-refractivity contribution < 1.29 is 60.8 Å². The van der Waals surface area contributed by atoms with E-state index in [4.69, 9.17) is 0 Å². The molecule has 1 atom stereocenters. The van der Waals surface area contributed by atoms with E-state index in [-0.39, 0.29) is 34.2 Å². The first-order valence-electron chi connectivity index (χ1n) is 14.3. The van der Waals surface area contributed by atoms with Gasteiger partial charge in [0.15, 0.2) is 5.78 Å². The van der Waals surface area contributed by atoms with E-state index in [2.05, 4.69) is 10.6 Å². The van der Waals surface area contributed by atoms with Gasteiger partial charge < -0.3 is 26.0 Å². The Bertz CT molecular complexity index is 1750. The highest BCUT2D eigenvalue weighted by Gasteiger charge is 2.72. The summed E-state index contributed by atoms with van der Waals surface area (Å²) in [5.74, 6) is -4.87. The normalized spacial score (nSPS) is 13.5. The van der Waals surface area contributed by atoms with Gasteiger partial charge in [-0.2, -0.15) is 26.3 Å². The Morgan fingerprint density at radius 3 is 1.65 bits per heavy atom. The van der Waals surface area contributed by atoms with Gasteiger partial charge in [0.2, 0.25) is 0 Å². The second-order valence-electron chi connectivity index (χ2n) is 11.6. The smallest absolute Gasteiger partial charge is 0.430 e. The summed E-state index contributed by atoms with van der Waals surface area (Å²) >= 11 is 0. The molecule has 48 heavy (non-hydrogen) atoms. The third-order valence-corrected chi connectivity index (χ3v) is 8.61. The number of hydrogen-bond donors (Lipinski definition) is 5. The van der Waals surface area contributed by atoms with Crippen molar-refractivity contribution in [3.8, 4) is 11.1 Å². The standard InChI is InChI=1S/C33H32F6N2O7/c1-6-30(4,16(2)3)26(42)22-13-17(7-10-20(22)28(44)45)18-8-11-21(29(46)47)23(14-18)27(43)41-19-9-12-25(40-5)24(15-19)31(48,32(34,35)36)33(37,38)39/h7-16,40,48H,6H2,1-5H3,(H,41,43)(H,44,45)(H,46,47). The molecule has 258 valence electrons. The lowest BCUT2D eigenvalue weighted by atomic mass is 9.70. The molecule has 3 aromatic carbocycles. The van der Waals surface area contributed by atoms with Gasteiger partial charge in [-0.25, -0.2) is 9.59 Å². The molecular formula is C33H32F6N2O7. The Labute approximate surface area is 270 Å². The summed E-state index contributed by atoms with van der Waals surface area (Å²) in [5.41, 5.74) is -10.6. The first kappa shape index (κ1) is 37.5. The Morgan fingerprint density at radius 1 is 0.750 bits per heavy atom. The fourth-order valence-corrected chi connectivity index (χ4v) is 5.14. The van der Waals surface area contributed by atoms with Crippen molar-refractivity contribution in [1.82, 2.24) is 0 Å². The monoisotopic (exact) mass is 682 g/mol. The van der Waals surface area contributed by atoms with Crippen molar-refractivity contribution in [2.24, 2.45) is 11.3 Å². The largest absolute Gasteiger partial charge is 0.478 e. The van der Waals surface area contributed by atoms with Gasteiger partial charge in [0, 0.05) is 35.0 Å². The van der Waals surface area contributed by atoms with Crippen molar-refractivity contribution in [2.45, 2.75) is 52.1 Å². The third kappa shape index (κ3) is 6.72. The zero-order valence-corrected chi connectivity index (χ0v) is 26.2. The maximum atomic E-state index is 13.7. The van der Waals surface area contributed by atoms with Gasteiger partial charge in [0.1, 0.15) is 0 Å². The van der Waals surface area contributed by atoms with Gasteiger partial charge >= 0.3 is 24.3 Å². The van der Waals surface area contributed by atoms with Crippen LogP contribution in [-0.4, -0.2) is 58.3 Å². The average molecular weight is 683 g/mol. The zero-order chi connectivity index (χ0) is 36.6. The van der Waals surface area contributed by atoms with E-state index in [1.165, 1.54) is 24.3 Å². The molecule has 0 aliphatic rings. The minimum absolute atomic E-state index is 0.133. The lowest BCUT2D eigenvalue weighted by Crippen LogP contribution is -2.54. The lowest BCUT2D eigenvalue weighted by Gasteiger charge is -2.34. The van der Waals surface area contributed by atoms with Crippen LogP contribution in [0.1, 0.15) is 81.1 Å². The number of rotatable bonds is 11. The van der Waals surface area contributed by atoms with Crippen LogP contribution in [0.2, 0.25) is 0 Å². The van der Waals surface area contributed by atoms with Crippen LogP contribution >= 0.6 is 0 Å². The van der Waals surface area contributed by atoms with Crippen LogP contribution < -0.4 is 10.6 Å². The van der Waals surface area contributed by atoms with Crippen LogP contribution in [0, 0.1) is 11.3 Å². The molecule has 1 unspecified atom stereocenters. The number of carboxylic acids is 2. The number of alkyl halides is 6. The molecule has 0 fully saturated rings. The molecule has 15 heteroatoms. The minimum Gasteiger partial charge on any atom is -0.478 e. The summed E-state index contributed by atoms with van der Waals surface area (Å²) in [7, 11) is 1.02. The highest BCUT2D eigenvalue weighted by atomic mass is 19.4. The second kappa shape index (κ2) is 13.3. The number of aliphatic hydroxyl groups is 1. The number of anilines is 2. The molecule has 3 aromatic rings. The summed E-state index contributed by atoms with van der Waals surface area (Å²) in [6.45, 7) is 7.09. The van der Waals surface area contributed by atoms with Crippen LogP contribution in [0.25, 0.3) is 11.1 Å². The predicted octanol–water partition coefficient (Wildman–Crippen LogP) is 7.61. The Kier molecular flexibility index (Phi) is 10.4. The highest BCUT2D eigenvalue weighted by Crippen LogP contribution is 2.52. The van der Waals surface area contributed by atoms with Crippen LogP contribution in [0.5, 0.6) is 0 Å². The number of carboxylic acid groups (broad SMARTS) is 2. The maximum Gasteiger partial charge on any atom is 0.430 e. The molecule has 0 heterocycles. The van der Waals surface area contributed by atoms with Crippen LogP contribution in [0.4, 0.5) is 37.7 Å². The van der Waals surface area contributed by atoms with Gasteiger partial charge in [0.25, 0.3) is 11.5 Å². The molecule has 0 bridgehead atoms. The van der Waals surface area contributed by atoms with E-state index in [1.54, 1.807) is 13.8 Å². The molecule has 0 saturated carbocycles. The first-order chi connectivity index (χ1) is 22.0. The predicted molar refractivity (Wildman–Crippen MR) is 163 cm³/mol. The quantitative estimate of drug-likeness (QED) is 0.102. The molecule has 5 N–H and O–H groups in total. The molecule has 0 spiro atoms. The van der Waals surface area contributed by atoms with E-state index in [1.807, 2.05) is 13.8 Å². The van der Waals surface area contributed by atoms with E-state index in [9.17, 15) is 60.8 Å². The van der Waals surface area contributed by atoms with Crippen molar-refractivity contribution >= 4 is 35.0 Å². The molecule has 0 saturated heterocycles. The van der Waals surface area contributed by atoms with Gasteiger partial charge in [-0.05, 0) is 65.9 Å². The first-order valence-corrected chi connectivity index (χ1v) is 14.3. The number of carbonyl (C=O) groups excluding carboxylic acids is 2. The van der Waals surface area contributed by atoms with Gasteiger partial charge in [-0.3, -0.25) is 9.59 Å². The van der Waals surface area contributed by atoms with Crippen LogP contribution in [0.3, 0.4) is 0 Å². The van der Waals surface area contributed by atoms with Crippen molar-refractivity contribution in [3.05, 3.63) is 82.4 Å². The summed E-state index contributed by atoms with van der Waals surface area (Å²) in [5, 5.41) is 33.7. The Balaban J connectivity index is 2.17. The number of benzene rings is 3. The molecule has 0 aliphatic carbocycles. The van der Waals surface area contributed by atoms with Gasteiger partial charge in [-0.1, -0.05) is 39.8 Å². The van der Waals surface area contributed by atoms with Gasteiger partial charge in [0.05, 0.1) is 16.7 Å². The summed E-state index contributed by atoms with van der Waals surface area (Å²) in [6, 6.07) is 9.11. The molecule has 0 aliphatic heterocycles. The van der Waals surface area contributed by atoms with E-state index < -0.39 is 75.1 Å². The van der Waals surface area contributed by atoms with Crippen LogP contribution in [-0.2, 0) is 5.60 Å². The Morgan fingerprint density at radius 2 is 1.23 bits per heavy atom.